The number of aliphatic hydroxyl groups excluding tert-OH is 10. The molecule has 10 N–H and O–H groups in total. The van der Waals surface area contributed by atoms with E-state index in [1.54, 1.807) is 0 Å². The molecule has 0 bridgehead atoms. The number of hydrogen-bond donors (Lipinski definition) is 10. The molecular formula is C16H30O14. The molecule has 0 aromatic carbocycles. The quantitative estimate of drug-likeness (QED) is 0.158. The van der Waals surface area contributed by atoms with Crippen molar-refractivity contribution in [3.63, 3.8) is 0 Å². The van der Waals surface area contributed by atoms with Gasteiger partial charge in [0.15, 0.2) is 12.6 Å². The summed E-state index contributed by atoms with van der Waals surface area (Å²) in [4.78, 5) is 0. The van der Waals surface area contributed by atoms with E-state index in [4.69, 9.17) is 24.1 Å². The van der Waals surface area contributed by atoms with Crippen molar-refractivity contribution in [2.75, 3.05) is 26.4 Å². The van der Waals surface area contributed by atoms with Gasteiger partial charge in [-0.1, -0.05) is 0 Å². The first-order chi connectivity index (χ1) is 14.2. The molecule has 0 unspecified atom stereocenters. The van der Waals surface area contributed by atoms with Crippen LogP contribution in [0.25, 0.3) is 0 Å². The molecule has 2 aliphatic rings. The van der Waals surface area contributed by atoms with E-state index in [1.807, 2.05) is 0 Å². The Morgan fingerprint density at radius 2 is 1.23 bits per heavy atom. The SMILES string of the molecule is OC[C@@H](O)[C@H](CO)O[C@@H]1O[C@H](CO)[C@@H](O)[C@H](O[C@@H]2O[C@H](CO)[C@@H](O)[C@H](O)[C@@H]2O)[C@@H]1O. The zero-order chi connectivity index (χ0) is 22.6. The van der Waals surface area contributed by atoms with Gasteiger partial charge in [0.1, 0.15) is 61.0 Å². The van der Waals surface area contributed by atoms with Gasteiger partial charge in [0.25, 0.3) is 0 Å². The van der Waals surface area contributed by atoms with Crippen LogP contribution in [0.3, 0.4) is 0 Å². The molecule has 0 spiro atoms. The summed E-state index contributed by atoms with van der Waals surface area (Å²) in [5.74, 6) is 0. The first-order valence-electron chi connectivity index (χ1n) is 9.33. The highest BCUT2D eigenvalue weighted by Crippen LogP contribution is 2.30. The van der Waals surface area contributed by atoms with Crippen LogP contribution in [0, 0.1) is 0 Å². The lowest BCUT2D eigenvalue weighted by atomic mass is 9.97. The summed E-state index contributed by atoms with van der Waals surface area (Å²) >= 11 is 0. The third-order valence-corrected chi connectivity index (χ3v) is 5.07. The maximum absolute atomic E-state index is 10.5. The molecule has 2 heterocycles. The van der Waals surface area contributed by atoms with Gasteiger partial charge < -0.3 is 70.0 Å². The predicted molar refractivity (Wildman–Crippen MR) is 91.5 cm³/mol. The van der Waals surface area contributed by atoms with Crippen LogP contribution >= 0.6 is 0 Å². The second-order valence-corrected chi connectivity index (χ2v) is 7.11. The van der Waals surface area contributed by atoms with Crippen molar-refractivity contribution in [3.05, 3.63) is 0 Å². The van der Waals surface area contributed by atoms with Gasteiger partial charge >= 0.3 is 0 Å². The van der Waals surface area contributed by atoms with Crippen molar-refractivity contribution < 1.29 is 70.0 Å². The molecule has 0 aromatic heterocycles. The minimum atomic E-state index is -1.82. The predicted octanol–water partition coefficient (Wildman–Crippen LogP) is -6.66. The summed E-state index contributed by atoms with van der Waals surface area (Å²) in [7, 11) is 0. The summed E-state index contributed by atoms with van der Waals surface area (Å²) in [6, 6.07) is 0. The molecule has 2 rings (SSSR count). The molecule has 178 valence electrons. The van der Waals surface area contributed by atoms with Crippen LogP contribution in [0.1, 0.15) is 0 Å². The average Bonchev–Trinajstić information content (AvgIpc) is 2.75. The Bertz CT molecular complexity index is 508. The van der Waals surface area contributed by atoms with Gasteiger partial charge in [-0.2, -0.15) is 0 Å². The van der Waals surface area contributed by atoms with Crippen LogP contribution in [0.2, 0.25) is 0 Å². The van der Waals surface area contributed by atoms with Gasteiger partial charge in [0, 0.05) is 0 Å². The molecule has 30 heavy (non-hydrogen) atoms. The van der Waals surface area contributed by atoms with E-state index in [0.717, 1.165) is 0 Å². The first-order valence-corrected chi connectivity index (χ1v) is 9.33. The van der Waals surface area contributed by atoms with Crippen molar-refractivity contribution in [2.24, 2.45) is 0 Å². The zero-order valence-corrected chi connectivity index (χ0v) is 15.9. The fourth-order valence-corrected chi connectivity index (χ4v) is 3.21. The fraction of sp³-hybridized carbons (Fsp3) is 1.00. The molecule has 0 amide bonds. The minimum Gasteiger partial charge on any atom is -0.394 e. The van der Waals surface area contributed by atoms with Gasteiger partial charge in [-0.05, 0) is 0 Å². The van der Waals surface area contributed by atoms with Gasteiger partial charge in [-0.25, -0.2) is 0 Å². The number of hydrogen-bond acceptors (Lipinski definition) is 14. The molecule has 12 atom stereocenters. The lowest BCUT2D eigenvalue weighted by molar-refractivity contribution is -0.366. The fourth-order valence-electron chi connectivity index (χ4n) is 3.21. The topological polar surface area (TPSA) is 239 Å². The second kappa shape index (κ2) is 11.3. The molecule has 2 fully saturated rings. The zero-order valence-electron chi connectivity index (χ0n) is 15.9. The summed E-state index contributed by atoms with van der Waals surface area (Å²) in [6.45, 7) is -3.02. The first kappa shape index (κ1) is 25.7. The maximum Gasteiger partial charge on any atom is 0.187 e. The van der Waals surface area contributed by atoms with Crippen molar-refractivity contribution in [2.45, 2.75) is 73.6 Å². The lowest BCUT2D eigenvalue weighted by Gasteiger charge is -2.46. The van der Waals surface area contributed by atoms with Gasteiger partial charge in [-0.3, -0.25) is 0 Å². The standard InChI is InChI=1S/C16H30O14/c17-1-5(21)6(2-18)27-16-13(26)14(10(23)8(4-20)29-16)30-15-12(25)11(24)9(22)7(3-19)28-15/h5-26H,1-4H2/t5-,6+,7-,8-,9-,10-,11+,12+,13+,14+,15+,16-/m1/s1. The molecule has 14 nitrogen and oxygen atoms in total. The number of aliphatic hydroxyl groups is 10. The van der Waals surface area contributed by atoms with Gasteiger partial charge in [0.05, 0.1) is 26.4 Å². The van der Waals surface area contributed by atoms with E-state index in [1.165, 1.54) is 0 Å². The maximum atomic E-state index is 10.5. The monoisotopic (exact) mass is 446 g/mol. The van der Waals surface area contributed by atoms with Crippen LogP contribution in [0.5, 0.6) is 0 Å². The number of ether oxygens (including phenoxy) is 4. The molecule has 2 aliphatic heterocycles. The van der Waals surface area contributed by atoms with Crippen molar-refractivity contribution >= 4 is 0 Å². The Hall–Kier alpha value is -0.560. The highest BCUT2D eigenvalue weighted by molar-refractivity contribution is 4.94. The molecule has 0 saturated carbocycles. The Labute approximate surface area is 171 Å². The smallest absolute Gasteiger partial charge is 0.187 e. The van der Waals surface area contributed by atoms with E-state index in [9.17, 15) is 46.0 Å². The highest BCUT2D eigenvalue weighted by Gasteiger charge is 2.51. The molecule has 14 heteroatoms. The third-order valence-electron chi connectivity index (χ3n) is 5.07. The van der Waals surface area contributed by atoms with Gasteiger partial charge in [-0.15, -0.1) is 0 Å². The van der Waals surface area contributed by atoms with Crippen molar-refractivity contribution in [1.82, 2.24) is 0 Å². The Balaban J connectivity index is 2.17. The average molecular weight is 446 g/mol. The summed E-state index contributed by atoms with van der Waals surface area (Å²) < 4.78 is 21.0. The van der Waals surface area contributed by atoms with Crippen molar-refractivity contribution in [1.29, 1.82) is 0 Å². The Morgan fingerprint density at radius 3 is 1.77 bits per heavy atom. The van der Waals surface area contributed by atoms with Crippen LogP contribution in [0.4, 0.5) is 0 Å². The summed E-state index contributed by atoms with van der Waals surface area (Å²) in [6.07, 6.45) is -19.3. The van der Waals surface area contributed by atoms with E-state index in [0.29, 0.717) is 0 Å². The van der Waals surface area contributed by atoms with Crippen LogP contribution in [-0.4, -0.2) is 151 Å². The third kappa shape index (κ3) is 5.43. The second-order valence-electron chi connectivity index (χ2n) is 7.11. The van der Waals surface area contributed by atoms with Crippen LogP contribution in [0.15, 0.2) is 0 Å². The minimum absolute atomic E-state index is 0.730. The molecule has 0 radical (unpaired) electrons. The van der Waals surface area contributed by atoms with E-state index >= 15 is 0 Å². The molecule has 0 aliphatic carbocycles. The van der Waals surface area contributed by atoms with E-state index in [2.05, 4.69) is 0 Å². The molecule has 2 saturated heterocycles. The molecular weight excluding hydrogens is 416 g/mol. The largest absolute Gasteiger partial charge is 0.394 e. The van der Waals surface area contributed by atoms with E-state index < -0.39 is 100 Å². The Morgan fingerprint density at radius 1 is 0.667 bits per heavy atom. The van der Waals surface area contributed by atoms with Crippen LogP contribution < -0.4 is 0 Å². The lowest BCUT2D eigenvalue weighted by Crippen LogP contribution is -2.65. The molecule has 0 aromatic rings. The Kier molecular flexibility index (Phi) is 9.72. The van der Waals surface area contributed by atoms with E-state index in [-0.39, 0.29) is 0 Å². The van der Waals surface area contributed by atoms with Crippen LogP contribution in [-0.2, 0) is 18.9 Å². The summed E-state index contributed by atoms with van der Waals surface area (Å²) in [5.41, 5.74) is 0. The number of rotatable bonds is 9. The van der Waals surface area contributed by atoms with Crippen molar-refractivity contribution in [3.8, 4) is 0 Å². The highest BCUT2D eigenvalue weighted by atomic mass is 16.7. The normalized spacial score (nSPS) is 44.6. The summed E-state index contributed by atoms with van der Waals surface area (Å²) in [5, 5.41) is 97.3. The van der Waals surface area contributed by atoms with Gasteiger partial charge in [0.2, 0.25) is 0 Å².